The van der Waals surface area contributed by atoms with Crippen LogP contribution in [0.5, 0.6) is 0 Å². The molecule has 25 heavy (non-hydrogen) atoms. The van der Waals surface area contributed by atoms with E-state index in [0.717, 1.165) is 16.8 Å². The normalized spacial score (nSPS) is 10.8. The number of nitro benzene ring substituents is 1. The highest BCUT2D eigenvalue weighted by molar-refractivity contribution is 5.91. The lowest BCUT2D eigenvalue weighted by Gasteiger charge is -2.10. The van der Waals surface area contributed by atoms with Crippen molar-refractivity contribution in [3.8, 4) is 0 Å². The maximum atomic E-state index is 12.1. The molecular weight excluding hydrogens is 324 g/mol. The summed E-state index contributed by atoms with van der Waals surface area (Å²) in [6.45, 7) is 3.82. The van der Waals surface area contributed by atoms with Crippen molar-refractivity contribution in [1.82, 2.24) is 19.8 Å². The van der Waals surface area contributed by atoms with Crippen LogP contribution < -0.4 is 5.32 Å². The zero-order valence-corrected chi connectivity index (χ0v) is 13.8. The first kappa shape index (κ1) is 16.5. The number of carbonyl (C=O) groups is 1. The van der Waals surface area contributed by atoms with Crippen molar-refractivity contribution in [2.45, 2.75) is 26.7 Å². The average molecular weight is 340 g/mol. The smallest absolute Gasteiger partial charge is 0.269 e. The number of hydrogen-bond donors (Lipinski definition) is 1. The Kier molecular flexibility index (Phi) is 4.38. The average Bonchev–Trinajstić information content (AvgIpc) is 3.03. The van der Waals surface area contributed by atoms with Gasteiger partial charge in [-0.25, -0.2) is 4.52 Å². The highest BCUT2D eigenvalue weighted by Gasteiger charge is 2.13. The number of nitrogens with zero attached hydrogens (tertiary/aromatic N) is 5. The Morgan fingerprint density at radius 1 is 1.28 bits per heavy atom. The number of aryl methyl sites for hydroxylation is 2. The van der Waals surface area contributed by atoms with Crippen LogP contribution in [0, 0.1) is 24.0 Å². The van der Waals surface area contributed by atoms with Gasteiger partial charge in [-0.1, -0.05) is 0 Å². The molecule has 1 N–H and O–H groups in total. The second-order valence-electron chi connectivity index (χ2n) is 5.64. The maximum absolute atomic E-state index is 12.1. The molecule has 2 aromatic heterocycles. The van der Waals surface area contributed by atoms with E-state index in [1.165, 1.54) is 24.3 Å². The zero-order valence-electron chi connectivity index (χ0n) is 13.8. The molecule has 0 saturated carbocycles. The van der Waals surface area contributed by atoms with Crippen molar-refractivity contribution >= 4 is 22.9 Å². The lowest BCUT2D eigenvalue weighted by Crippen LogP contribution is -2.14. The summed E-state index contributed by atoms with van der Waals surface area (Å²) in [5.41, 5.74) is 3.93. The Balaban J connectivity index is 1.67. The van der Waals surface area contributed by atoms with Gasteiger partial charge in [0, 0.05) is 29.8 Å². The van der Waals surface area contributed by atoms with E-state index in [2.05, 4.69) is 20.6 Å². The van der Waals surface area contributed by atoms with E-state index in [9.17, 15) is 14.9 Å². The molecule has 9 nitrogen and oxygen atoms in total. The predicted molar refractivity (Wildman–Crippen MR) is 90.3 cm³/mol. The van der Waals surface area contributed by atoms with Gasteiger partial charge in [0.05, 0.1) is 10.6 Å². The first-order chi connectivity index (χ1) is 12.0. The summed E-state index contributed by atoms with van der Waals surface area (Å²) in [6.07, 6.45) is 2.33. The lowest BCUT2D eigenvalue weighted by atomic mass is 10.0. The number of nitrogens with one attached hydrogen (secondary N) is 1. The Bertz CT molecular complexity index is 948. The molecule has 0 radical (unpaired) electrons. The summed E-state index contributed by atoms with van der Waals surface area (Å²) in [5, 5.41) is 25.6. The van der Waals surface area contributed by atoms with E-state index < -0.39 is 4.92 Å². The maximum Gasteiger partial charge on any atom is 0.269 e. The Hall–Kier alpha value is -3.36. The fraction of sp³-hybridized carbons (Fsp3) is 0.250. The van der Waals surface area contributed by atoms with E-state index in [1.807, 2.05) is 13.8 Å². The van der Waals surface area contributed by atoms with Crippen molar-refractivity contribution in [2.75, 3.05) is 5.32 Å². The second kappa shape index (κ2) is 6.63. The minimum absolute atomic E-state index is 0.0167. The Morgan fingerprint density at radius 3 is 2.68 bits per heavy atom. The highest BCUT2D eigenvalue weighted by Crippen LogP contribution is 2.19. The number of anilines is 1. The van der Waals surface area contributed by atoms with Gasteiger partial charge in [0.15, 0.2) is 5.65 Å². The number of hydrogen-bond acceptors (Lipinski definition) is 6. The number of aromatic nitrogens is 4. The molecule has 128 valence electrons. The van der Waals surface area contributed by atoms with Crippen LogP contribution in [0.15, 0.2) is 30.6 Å². The van der Waals surface area contributed by atoms with Crippen LogP contribution >= 0.6 is 0 Å². The summed E-state index contributed by atoms with van der Waals surface area (Å²) in [5.74, 6) is -0.172. The standard InChI is InChI=1S/C16H16N6O3/c1-10-14(11(2)20-21-9-17-19-16(10)21)7-8-15(23)18-12-3-5-13(6-4-12)22(24)25/h3-6,9H,7-8H2,1-2H3,(H,18,23). The molecule has 0 fully saturated rings. The zero-order chi connectivity index (χ0) is 18.0. The molecule has 3 aromatic rings. The number of benzene rings is 1. The third-order valence-electron chi connectivity index (χ3n) is 3.98. The highest BCUT2D eigenvalue weighted by atomic mass is 16.6. The fourth-order valence-electron chi connectivity index (χ4n) is 2.68. The van der Waals surface area contributed by atoms with Crippen LogP contribution in [0.3, 0.4) is 0 Å². The number of amides is 1. The van der Waals surface area contributed by atoms with Crippen molar-refractivity contribution in [2.24, 2.45) is 0 Å². The van der Waals surface area contributed by atoms with Gasteiger partial charge in [-0.2, -0.15) is 5.10 Å². The number of rotatable bonds is 5. The molecule has 0 aliphatic heterocycles. The van der Waals surface area contributed by atoms with Crippen LogP contribution in [0.1, 0.15) is 23.2 Å². The summed E-state index contributed by atoms with van der Waals surface area (Å²) in [7, 11) is 0. The van der Waals surface area contributed by atoms with Crippen LogP contribution in [-0.2, 0) is 11.2 Å². The molecule has 0 unspecified atom stereocenters. The lowest BCUT2D eigenvalue weighted by molar-refractivity contribution is -0.384. The number of nitro groups is 1. The monoisotopic (exact) mass is 340 g/mol. The molecule has 2 heterocycles. The van der Waals surface area contributed by atoms with Gasteiger partial charge in [0.1, 0.15) is 6.33 Å². The summed E-state index contributed by atoms with van der Waals surface area (Å²) in [4.78, 5) is 22.3. The Morgan fingerprint density at radius 2 is 2.00 bits per heavy atom. The fourth-order valence-corrected chi connectivity index (χ4v) is 2.68. The molecule has 0 spiro atoms. The minimum Gasteiger partial charge on any atom is -0.326 e. The van der Waals surface area contributed by atoms with Gasteiger partial charge in [0.2, 0.25) is 5.91 Å². The van der Waals surface area contributed by atoms with E-state index in [1.54, 1.807) is 10.8 Å². The number of carbonyl (C=O) groups excluding carboxylic acids is 1. The van der Waals surface area contributed by atoms with Crippen LogP contribution in [0.25, 0.3) is 5.65 Å². The minimum atomic E-state index is -0.481. The molecule has 1 amide bonds. The van der Waals surface area contributed by atoms with Gasteiger partial charge in [-0.15, -0.1) is 10.2 Å². The van der Waals surface area contributed by atoms with Crippen molar-refractivity contribution in [3.05, 3.63) is 57.5 Å². The van der Waals surface area contributed by atoms with Crippen molar-refractivity contribution in [3.63, 3.8) is 0 Å². The molecule has 0 atom stereocenters. The van der Waals surface area contributed by atoms with Crippen molar-refractivity contribution in [1.29, 1.82) is 0 Å². The van der Waals surface area contributed by atoms with E-state index in [-0.39, 0.29) is 18.0 Å². The summed E-state index contributed by atoms with van der Waals surface area (Å²) >= 11 is 0. The molecule has 3 rings (SSSR count). The summed E-state index contributed by atoms with van der Waals surface area (Å²) < 4.78 is 1.62. The molecule has 9 heteroatoms. The van der Waals surface area contributed by atoms with Crippen LogP contribution in [0.2, 0.25) is 0 Å². The topological polar surface area (TPSA) is 115 Å². The van der Waals surface area contributed by atoms with E-state index >= 15 is 0 Å². The van der Waals surface area contributed by atoms with E-state index in [0.29, 0.717) is 17.8 Å². The van der Waals surface area contributed by atoms with E-state index in [4.69, 9.17) is 0 Å². The molecular formula is C16H16N6O3. The molecule has 0 bridgehead atoms. The first-order valence-electron chi connectivity index (χ1n) is 7.66. The summed E-state index contributed by atoms with van der Waals surface area (Å²) in [6, 6.07) is 5.73. The molecule has 0 saturated heterocycles. The SMILES string of the molecule is Cc1nn2cnnc2c(C)c1CCC(=O)Nc1ccc([N+](=O)[O-])cc1. The third kappa shape index (κ3) is 3.44. The third-order valence-corrected chi connectivity index (χ3v) is 3.98. The van der Waals surface area contributed by atoms with Gasteiger partial charge < -0.3 is 5.32 Å². The van der Waals surface area contributed by atoms with Crippen LogP contribution in [-0.4, -0.2) is 30.6 Å². The van der Waals surface area contributed by atoms with Gasteiger partial charge in [0.25, 0.3) is 5.69 Å². The number of fused-ring (bicyclic) bond motifs is 1. The number of non-ortho nitro benzene ring substituents is 1. The van der Waals surface area contributed by atoms with Gasteiger partial charge in [-0.3, -0.25) is 14.9 Å². The second-order valence-corrected chi connectivity index (χ2v) is 5.64. The molecule has 1 aromatic carbocycles. The van der Waals surface area contributed by atoms with Crippen molar-refractivity contribution < 1.29 is 9.72 Å². The Labute approximate surface area is 142 Å². The molecule has 0 aliphatic carbocycles. The predicted octanol–water partition coefficient (Wildman–Crippen LogP) is 2.22. The largest absolute Gasteiger partial charge is 0.326 e. The van der Waals surface area contributed by atoms with Gasteiger partial charge >= 0.3 is 0 Å². The molecule has 0 aliphatic rings. The van der Waals surface area contributed by atoms with Crippen LogP contribution in [0.4, 0.5) is 11.4 Å². The quantitative estimate of drug-likeness (QED) is 0.562. The van der Waals surface area contributed by atoms with Gasteiger partial charge in [-0.05, 0) is 38.0 Å². The first-order valence-corrected chi connectivity index (χ1v) is 7.66.